The van der Waals surface area contributed by atoms with Crippen molar-refractivity contribution in [3.63, 3.8) is 0 Å². The van der Waals surface area contributed by atoms with Gasteiger partial charge in [-0.3, -0.25) is 0 Å². The highest BCUT2D eigenvalue weighted by atomic mass is 31.8. The number of benzene rings is 4. The van der Waals surface area contributed by atoms with Gasteiger partial charge in [0.05, 0.1) is 26.1 Å². The maximum atomic E-state index is 2.65. The monoisotopic (exact) mass is 470 g/mol. The smallest absolute Gasteiger partial charge is 0.0862 e. The van der Waals surface area contributed by atoms with E-state index in [-0.39, 0.29) is 15.8 Å². The highest BCUT2D eigenvalue weighted by Crippen LogP contribution is 2.45. The van der Waals surface area contributed by atoms with Gasteiger partial charge in [-0.25, -0.2) is 0 Å². The SMILES string of the molecule is C[SiH](c1ccccc1)P([SiH2]C(c1ccccc1)c1ccccc1)[SiH](C)c1ccccc1. The second-order valence-corrected chi connectivity index (χ2v) is 32.6. The van der Waals surface area contributed by atoms with Gasteiger partial charge in [-0.2, -0.15) is 0 Å². The molecule has 0 N–H and O–H groups in total. The van der Waals surface area contributed by atoms with Gasteiger partial charge in [-0.05, 0) is 11.1 Å². The predicted octanol–water partition coefficient (Wildman–Crippen LogP) is 4.86. The molecule has 0 bridgehead atoms. The minimum absolute atomic E-state index is 0.0944. The molecule has 0 spiro atoms. The van der Waals surface area contributed by atoms with Gasteiger partial charge in [0.1, 0.15) is 0 Å². The van der Waals surface area contributed by atoms with Crippen molar-refractivity contribution in [1.82, 2.24) is 0 Å². The third-order valence-corrected chi connectivity index (χ3v) is 44.6. The molecular formula is C27H31PSi3. The van der Waals surface area contributed by atoms with E-state index < -0.39 is 16.9 Å². The van der Waals surface area contributed by atoms with Crippen LogP contribution in [0.1, 0.15) is 16.7 Å². The van der Waals surface area contributed by atoms with Gasteiger partial charge in [-0.15, -0.1) is 6.57 Å². The summed E-state index contributed by atoms with van der Waals surface area (Å²) in [7, 11) is -2.39. The Hall–Kier alpha value is -2.04. The lowest BCUT2D eigenvalue weighted by Gasteiger charge is -2.33. The van der Waals surface area contributed by atoms with E-state index in [1.807, 2.05) is 0 Å². The minimum atomic E-state index is -1.02. The second-order valence-electron chi connectivity index (χ2n) is 8.24. The molecule has 0 aliphatic carbocycles. The average molecular weight is 471 g/mol. The summed E-state index contributed by atoms with van der Waals surface area (Å²) in [6, 6.07) is 45.6. The standard InChI is InChI=1S/C27H31PSi3/c1-30(25-19-11-5-12-20-25)28(31(2)26-21-13-6-14-22-26)29-27(23-15-7-3-8-16-23)24-17-9-4-10-18-24/h3-22,27,30-31H,29H2,1-2H3. The summed E-state index contributed by atoms with van der Waals surface area (Å²) in [5.41, 5.74) is 3.67. The zero-order valence-corrected chi connectivity index (χ0v) is 23.1. The Morgan fingerprint density at radius 2 is 0.839 bits per heavy atom. The van der Waals surface area contributed by atoms with Gasteiger partial charge in [0, 0.05) is 5.54 Å². The van der Waals surface area contributed by atoms with Gasteiger partial charge in [-0.1, -0.05) is 145 Å². The van der Waals surface area contributed by atoms with Crippen LogP contribution < -0.4 is 10.4 Å². The third kappa shape index (κ3) is 5.61. The van der Waals surface area contributed by atoms with Crippen LogP contribution in [0.5, 0.6) is 0 Å². The van der Waals surface area contributed by atoms with Crippen LogP contribution in [-0.4, -0.2) is 26.1 Å². The molecule has 4 aromatic rings. The molecule has 0 heterocycles. The van der Waals surface area contributed by atoms with E-state index in [1.54, 1.807) is 10.4 Å². The van der Waals surface area contributed by atoms with Gasteiger partial charge >= 0.3 is 0 Å². The van der Waals surface area contributed by atoms with E-state index >= 15 is 0 Å². The van der Waals surface area contributed by atoms with Gasteiger partial charge in [0.2, 0.25) is 0 Å². The van der Waals surface area contributed by atoms with E-state index in [1.165, 1.54) is 11.1 Å². The van der Waals surface area contributed by atoms with E-state index in [4.69, 9.17) is 0 Å². The van der Waals surface area contributed by atoms with Crippen LogP contribution >= 0.6 is 6.57 Å². The first-order valence-electron chi connectivity index (χ1n) is 11.2. The van der Waals surface area contributed by atoms with E-state index in [0.29, 0.717) is 5.54 Å². The third-order valence-electron chi connectivity index (χ3n) is 6.36. The Kier molecular flexibility index (Phi) is 7.87. The van der Waals surface area contributed by atoms with Crippen molar-refractivity contribution < 1.29 is 0 Å². The molecule has 0 nitrogen and oxygen atoms in total. The molecule has 0 aromatic heterocycles. The van der Waals surface area contributed by atoms with Crippen molar-refractivity contribution in [2.45, 2.75) is 18.6 Å². The molecular weight excluding hydrogens is 440 g/mol. The van der Waals surface area contributed by atoms with Crippen molar-refractivity contribution in [1.29, 1.82) is 0 Å². The molecule has 0 fully saturated rings. The van der Waals surface area contributed by atoms with Crippen LogP contribution in [0.25, 0.3) is 0 Å². The van der Waals surface area contributed by atoms with E-state index in [0.717, 1.165) is 0 Å². The molecule has 4 heteroatoms. The molecule has 31 heavy (non-hydrogen) atoms. The summed E-state index contributed by atoms with van der Waals surface area (Å²) in [4.78, 5) is 0. The highest BCUT2D eigenvalue weighted by molar-refractivity contribution is 8.30. The van der Waals surface area contributed by atoms with Gasteiger partial charge in [0.15, 0.2) is 0 Å². The molecule has 4 aromatic carbocycles. The first kappa shape index (κ1) is 22.2. The molecule has 2 atom stereocenters. The first-order valence-corrected chi connectivity index (χ1v) is 22.1. The number of rotatable bonds is 8. The molecule has 0 saturated carbocycles. The molecule has 0 aliphatic rings. The Morgan fingerprint density at radius 1 is 0.516 bits per heavy atom. The maximum absolute atomic E-state index is 2.65. The van der Waals surface area contributed by atoms with E-state index in [2.05, 4.69) is 134 Å². The minimum Gasteiger partial charge on any atom is -0.142 e. The van der Waals surface area contributed by atoms with Crippen LogP contribution in [0.4, 0.5) is 0 Å². The Labute approximate surface area is 193 Å². The normalized spacial score (nSPS) is 14.5. The van der Waals surface area contributed by atoms with Crippen LogP contribution in [0.15, 0.2) is 121 Å². The van der Waals surface area contributed by atoms with Crippen LogP contribution in [0, 0.1) is 0 Å². The lowest BCUT2D eigenvalue weighted by atomic mass is 10.0. The molecule has 156 valence electrons. The largest absolute Gasteiger partial charge is 0.142 e. The summed E-state index contributed by atoms with van der Waals surface area (Å²) < 4.78 is 0. The Bertz CT molecular complexity index is 958. The molecule has 2 unspecified atom stereocenters. The maximum Gasteiger partial charge on any atom is 0.0862 e. The van der Waals surface area contributed by atoms with Crippen LogP contribution in [0.3, 0.4) is 0 Å². The highest BCUT2D eigenvalue weighted by Gasteiger charge is 2.31. The molecule has 0 amide bonds. The van der Waals surface area contributed by atoms with Crippen molar-refractivity contribution in [3.05, 3.63) is 132 Å². The summed E-state index contributed by atoms with van der Waals surface area (Å²) in [6.45, 7) is 5.39. The topological polar surface area (TPSA) is 0 Å². The zero-order chi connectivity index (χ0) is 21.5. The van der Waals surface area contributed by atoms with Crippen molar-refractivity contribution in [2.75, 3.05) is 0 Å². The fourth-order valence-electron chi connectivity index (χ4n) is 4.48. The van der Waals surface area contributed by atoms with Crippen molar-refractivity contribution in [3.8, 4) is 0 Å². The second kappa shape index (κ2) is 11.0. The van der Waals surface area contributed by atoms with Gasteiger partial charge < -0.3 is 0 Å². The Balaban J connectivity index is 1.74. The van der Waals surface area contributed by atoms with Crippen LogP contribution in [0.2, 0.25) is 13.1 Å². The summed E-state index contributed by atoms with van der Waals surface area (Å²) in [6.07, 6.45) is 0. The van der Waals surface area contributed by atoms with Crippen LogP contribution in [-0.2, 0) is 0 Å². The van der Waals surface area contributed by atoms with Crippen molar-refractivity contribution in [2.24, 2.45) is 0 Å². The molecule has 0 radical (unpaired) electrons. The fourth-order valence-corrected chi connectivity index (χ4v) is 41.7. The summed E-state index contributed by atoms with van der Waals surface area (Å²) in [5.74, 6) is 0. The molecule has 4 rings (SSSR count). The van der Waals surface area contributed by atoms with Gasteiger partial charge in [0.25, 0.3) is 0 Å². The zero-order valence-electron chi connectivity index (χ0n) is 18.4. The lowest BCUT2D eigenvalue weighted by Crippen LogP contribution is -2.38. The fraction of sp³-hybridized carbons (Fsp3) is 0.111. The van der Waals surface area contributed by atoms with E-state index in [9.17, 15) is 0 Å². The molecule has 0 saturated heterocycles. The molecule has 0 aliphatic heterocycles. The first-order chi connectivity index (χ1) is 15.2. The summed E-state index contributed by atoms with van der Waals surface area (Å²) >= 11 is 0. The Morgan fingerprint density at radius 3 is 1.19 bits per heavy atom. The number of hydrogen-bond donors (Lipinski definition) is 0. The quantitative estimate of drug-likeness (QED) is 0.255. The predicted molar refractivity (Wildman–Crippen MR) is 148 cm³/mol. The average Bonchev–Trinajstić information content (AvgIpc) is 2.86. The van der Waals surface area contributed by atoms with Crippen molar-refractivity contribution >= 4 is 43.1 Å². The lowest BCUT2D eigenvalue weighted by molar-refractivity contribution is 1.13. The summed E-state index contributed by atoms with van der Waals surface area (Å²) in [5, 5.41) is 3.33. The number of hydrogen-bond acceptors (Lipinski definition) is 0.